The lowest BCUT2D eigenvalue weighted by molar-refractivity contribution is 0.138. The van der Waals surface area contributed by atoms with E-state index < -0.39 is 0 Å². The maximum Gasteiger partial charge on any atom is 0.110 e. The Balaban J connectivity index is 1.62. The molecule has 2 heterocycles. The summed E-state index contributed by atoms with van der Waals surface area (Å²) in [7, 11) is 0. The Bertz CT molecular complexity index is 822. The van der Waals surface area contributed by atoms with Gasteiger partial charge in [0.1, 0.15) is 12.3 Å². The first-order chi connectivity index (χ1) is 11.9. The van der Waals surface area contributed by atoms with Crippen LogP contribution in [0.1, 0.15) is 29.0 Å². The van der Waals surface area contributed by atoms with Gasteiger partial charge in [0.2, 0.25) is 0 Å². The number of hydrogen-bond donors (Lipinski definition) is 2. The average molecular weight is 313 g/mol. The van der Waals surface area contributed by atoms with E-state index in [1.54, 1.807) is 0 Å². The molecule has 3 aromatic carbocycles. The van der Waals surface area contributed by atoms with E-state index in [0.717, 1.165) is 6.54 Å². The highest BCUT2D eigenvalue weighted by atomic mass is 15.4. The molecule has 0 fully saturated rings. The van der Waals surface area contributed by atoms with Crippen molar-refractivity contribution >= 4 is 11.4 Å². The second-order valence-corrected chi connectivity index (χ2v) is 6.43. The first kappa shape index (κ1) is 13.6. The zero-order chi connectivity index (χ0) is 15.9. The third kappa shape index (κ3) is 2.09. The predicted molar refractivity (Wildman–Crippen MR) is 97.6 cm³/mol. The predicted octanol–water partition coefficient (Wildman–Crippen LogP) is 4.74. The molecule has 0 amide bonds. The highest BCUT2D eigenvalue weighted by Gasteiger charge is 2.39. The van der Waals surface area contributed by atoms with E-state index in [1.165, 1.54) is 28.1 Å². The first-order valence-corrected chi connectivity index (χ1v) is 8.41. The summed E-state index contributed by atoms with van der Waals surface area (Å²) in [6, 6.07) is 27.9. The average Bonchev–Trinajstić information content (AvgIpc) is 2.63. The van der Waals surface area contributed by atoms with Crippen molar-refractivity contribution in [2.45, 2.75) is 18.9 Å². The van der Waals surface area contributed by atoms with Crippen LogP contribution in [-0.4, -0.2) is 4.90 Å². The van der Waals surface area contributed by atoms with Crippen molar-refractivity contribution in [2.75, 3.05) is 10.6 Å². The van der Waals surface area contributed by atoms with E-state index in [-0.39, 0.29) is 12.3 Å². The Hall–Kier alpha value is -2.78. The van der Waals surface area contributed by atoms with Gasteiger partial charge >= 0.3 is 0 Å². The molecule has 0 saturated carbocycles. The second kappa shape index (κ2) is 5.39. The number of nitrogens with one attached hydrogen (secondary N) is 2. The standard InChI is InChI=1S/C21H19N3/c1-2-8-15(9-3-1)14-24-20-16-10-4-6-12-18(16)22-21(24)17-11-5-7-13-19(17)23-20/h1-13,20-23H,14H2/t20-,21-/m0/s1. The molecule has 2 N–H and O–H groups in total. The molecule has 2 aliphatic rings. The van der Waals surface area contributed by atoms with Gasteiger partial charge in [-0.15, -0.1) is 0 Å². The Kier molecular flexibility index (Phi) is 3.06. The van der Waals surface area contributed by atoms with Crippen LogP contribution in [0.4, 0.5) is 11.4 Å². The van der Waals surface area contributed by atoms with Crippen molar-refractivity contribution in [3.8, 4) is 0 Å². The van der Waals surface area contributed by atoms with Crippen LogP contribution in [0.15, 0.2) is 78.9 Å². The Morgan fingerprint density at radius 2 is 1.12 bits per heavy atom. The second-order valence-electron chi connectivity index (χ2n) is 6.43. The molecule has 2 bridgehead atoms. The van der Waals surface area contributed by atoms with Crippen LogP contribution in [-0.2, 0) is 6.54 Å². The van der Waals surface area contributed by atoms with Crippen LogP contribution in [0.25, 0.3) is 0 Å². The van der Waals surface area contributed by atoms with Gasteiger partial charge in [-0.2, -0.15) is 0 Å². The molecule has 2 atom stereocenters. The largest absolute Gasteiger partial charge is 0.365 e. The summed E-state index contributed by atoms with van der Waals surface area (Å²) in [6.07, 6.45) is 0.366. The fraction of sp³-hybridized carbons (Fsp3) is 0.143. The van der Waals surface area contributed by atoms with Gasteiger partial charge in [-0.3, -0.25) is 4.90 Å². The number of anilines is 2. The smallest absolute Gasteiger partial charge is 0.110 e. The highest BCUT2D eigenvalue weighted by Crippen LogP contribution is 2.47. The molecule has 5 rings (SSSR count). The summed E-state index contributed by atoms with van der Waals surface area (Å²) in [6.45, 7) is 0.902. The van der Waals surface area contributed by atoms with Crippen LogP contribution >= 0.6 is 0 Å². The van der Waals surface area contributed by atoms with Crippen molar-refractivity contribution < 1.29 is 0 Å². The Morgan fingerprint density at radius 1 is 0.625 bits per heavy atom. The number of hydrogen-bond acceptors (Lipinski definition) is 3. The number of nitrogens with zero attached hydrogens (tertiary/aromatic N) is 1. The topological polar surface area (TPSA) is 27.3 Å². The summed E-state index contributed by atoms with van der Waals surface area (Å²) in [4.78, 5) is 2.50. The van der Waals surface area contributed by atoms with Crippen molar-refractivity contribution in [2.24, 2.45) is 0 Å². The summed E-state index contributed by atoms with van der Waals surface area (Å²) in [5.74, 6) is 0. The van der Waals surface area contributed by atoms with E-state index in [2.05, 4.69) is 94.4 Å². The van der Waals surface area contributed by atoms with Gasteiger partial charge < -0.3 is 10.6 Å². The third-order valence-corrected chi connectivity index (χ3v) is 4.97. The minimum atomic E-state index is 0.183. The quantitative estimate of drug-likeness (QED) is 0.716. The summed E-state index contributed by atoms with van der Waals surface area (Å²) in [5.41, 5.74) is 6.38. The minimum absolute atomic E-state index is 0.183. The van der Waals surface area contributed by atoms with Crippen molar-refractivity contribution in [1.29, 1.82) is 0 Å². The van der Waals surface area contributed by atoms with Crippen molar-refractivity contribution in [3.05, 3.63) is 95.6 Å². The highest BCUT2D eigenvalue weighted by molar-refractivity contribution is 5.65. The monoisotopic (exact) mass is 313 g/mol. The van der Waals surface area contributed by atoms with Crippen LogP contribution in [0, 0.1) is 0 Å². The maximum absolute atomic E-state index is 3.74. The summed E-state index contributed by atoms with van der Waals surface area (Å²) in [5, 5.41) is 7.48. The van der Waals surface area contributed by atoms with E-state index in [4.69, 9.17) is 0 Å². The zero-order valence-corrected chi connectivity index (χ0v) is 13.3. The zero-order valence-electron chi connectivity index (χ0n) is 13.3. The molecule has 0 radical (unpaired) electrons. The Labute approximate surface area is 141 Å². The molecule has 0 aromatic heterocycles. The van der Waals surface area contributed by atoms with Gasteiger partial charge in [0.15, 0.2) is 0 Å². The molecule has 0 saturated heterocycles. The normalized spacial score (nSPS) is 21.2. The minimum Gasteiger partial charge on any atom is -0.365 e. The third-order valence-electron chi connectivity index (χ3n) is 4.97. The molecule has 0 aliphatic carbocycles. The number of para-hydroxylation sites is 2. The van der Waals surface area contributed by atoms with Crippen molar-refractivity contribution in [3.63, 3.8) is 0 Å². The molecule has 0 unspecified atom stereocenters. The molecule has 3 nitrogen and oxygen atoms in total. The van der Waals surface area contributed by atoms with Crippen LogP contribution in [0.2, 0.25) is 0 Å². The van der Waals surface area contributed by atoms with Gasteiger partial charge in [-0.05, 0) is 17.7 Å². The van der Waals surface area contributed by atoms with Gasteiger partial charge in [0, 0.05) is 29.0 Å². The van der Waals surface area contributed by atoms with Gasteiger partial charge in [-0.1, -0.05) is 66.7 Å². The molecule has 118 valence electrons. The van der Waals surface area contributed by atoms with E-state index in [1.807, 2.05) is 0 Å². The molecular formula is C21H19N3. The van der Waals surface area contributed by atoms with Crippen LogP contribution in [0.3, 0.4) is 0 Å². The van der Waals surface area contributed by atoms with Gasteiger partial charge in [0.05, 0.1) is 0 Å². The Morgan fingerprint density at radius 3 is 1.71 bits per heavy atom. The van der Waals surface area contributed by atoms with Gasteiger partial charge in [0.25, 0.3) is 0 Å². The van der Waals surface area contributed by atoms with Crippen molar-refractivity contribution in [1.82, 2.24) is 4.90 Å². The van der Waals surface area contributed by atoms with E-state index >= 15 is 0 Å². The molecule has 2 aliphatic heterocycles. The molecule has 3 heteroatoms. The SMILES string of the molecule is c1ccc(CN2[C@@H]3Nc4ccccc4[C@H]2Nc2ccccc23)cc1. The molecule has 0 spiro atoms. The number of rotatable bonds is 2. The molecule has 3 aromatic rings. The fourth-order valence-corrected chi connectivity index (χ4v) is 3.83. The number of fused-ring (bicyclic) bond motifs is 6. The molecule has 24 heavy (non-hydrogen) atoms. The summed E-state index contributed by atoms with van der Waals surface area (Å²) < 4.78 is 0. The van der Waals surface area contributed by atoms with Gasteiger partial charge in [-0.25, -0.2) is 0 Å². The van der Waals surface area contributed by atoms with Crippen LogP contribution in [0.5, 0.6) is 0 Å². The van der Waals surface area contributed by atoms with E-state index in [9.17, 15) is 0 Å². The molecular weight excluding hydrogens is 294 g/mol. The number of benzene rings is 3. The fourth-order valence-electron chi connectivity index (χ4n) is 3.83. The van der Waals surface area contributed by atoms with E-state index in [0.29, 0.717) is 0 Å². The lowest BCUT2D eigenvalue weighted by Gasteiger charge is -2.49. The van der Waals surface area contributed by atoms with Crippen LogP contribution < -0.4 is 10.6 Å². The maximum atomic E-state index is 3.74. The summed E-state index contributed by atoms with van der Waals surface area (Å²) >= 11 is 0. The lowest BCUT2D eigenvalue weighted by atomic mass is 9.95. The first-order valence-electron chi connectivity index (χ1n) is 8.41. The lowest BCUT2D eigenvalue weighted by Crippen LogP contribution is -2.47.